The summed E-state index contributed by atoms with van der Waals surface area (Å²) in [6, 6.07) is 0.245. The molecule has 9 heteroatoms. The van der Waals surface area contributed by atoms with Crippen LogP contribution in [0.5, 0.6) is 0 Å². The number of nitrogens with zero attached hydrogens (tertiary/aromatic N) is 2. The maximum atomic E-state index is 13.3. The smallest absolute Gasteiger partial charge is 0.285 e. The van der Waals surface area contributed by atoms with E-state index < -0.39 is 52.2 Å². The summed E-state index contributed by atoms with van der Waals surface area (Å²) < 4.78 is 26.3. The number of hydrogen-bond donors (Lipinski definition) is 1. The number of halogens is 2. The zero-order chi connectivity index (χ0) is 16.3. The average molecular weight is 301 g/mol. The summed E-state index contributed by atoms with van der Waals surface area (Å²) in [7, 11) is 0. The van der Waals surface area contributed by atoms with E-state index in [2.05, 4.69) is 0 Å². The molecule has 0 bridgehead atoms. The molecule has 1 aromatic carbocycles. The molecule has 0 atom stereocenters. The van der Waals surface area contributed by atoms with Crippen molar-refractivity contribution in [2.24, 2.45) is 5.73 Å². The molecule has 0 aromatic heterocycles. The third-order valence-corrected chi connectivity index (χ3v) is 2.68. The van der Waals surface area contributed by atoms with E-state index in [-0.39, 0.29) is 0 Å². The maximum absolute atomic E-state index is 13.3. The summed E-state index contributed by atoms with van der Waals surface area (Å²) in [6.07, 6.45) is 0. The standard InChI is InChI=1S/C12H13F2N3O4/c1-6(2)16(5-11(15)18)12(19)7-3-8(13)9(14)4-10(7)17(20)21/h3-4,6H,5H2,1-2H3,(H2,15,18). The monoisotopic (exact) mass is 301 g/mol. The molecule has 0 aliphatic heterocycles. The van der Waals surface area contributed by atoms with Gasteiger partial charge in [0.2, 0.25) is 5.91 Å². The zero-order valence-corrected chi connectivity index (χ0v) is 11.3. The van der Waals surface area contributed by atoms with Crippen molar-refractivity contribution in [3.8, 4) is 0 Å². The first kappa shape index (κ1) is 16.5. The van der Waals surface area contributed by atoms with Gasteiger partial charge in [0.15, 0.2) is 11.6 Å². The molecule has 0 aliphatic carbocycles. The zero-order valence-electron chi connectivity index (χ0n) is 11.3. The lowest BCUT2D eigenvalue weighted by molar-refractivity contribution is -0.385. The first-order chi connectivity index (χ1) is 9.65. The number of amides is 2. The molecule has 0 saturated carbocycles. The molecule has 0 unspecified atom stereocenters. The van der Waals surface area contributed by atoms with Gasteiger partial charge in [-0.25, -0.2) is 8.78 Å². The van der Waals surface area contributed by atoms with Gasteiger partial charge in [0, 0.05) is 6.04 Å². The summed E-state index contributed by atoms with van der Waals surface area (Å²) >= 11 is 0. The third-order valence-electron chi connectivity index (χ3n) is 2.68. The highest BCUT2D eigenvalue weighted by atomic mass is 19.2. The van der Waals surface area contributed by atoms with Crippen LogP contribution in [-0.4, -0.2) is 34.2 Å². The van der Waals surface area contributed by atoms with Crippen molar-refractivity contribution in [1.29, 1.82) is 0 Å². The first-order valence-electron chi connectivity index (χ1n) is 5.87. The van der Waals surface area contributed by atoms with Gasteiger partial charge in [0.1, 0.15) is 5.56 Å². The number of carbonyl (C=O) groups is 2. The number of rotatable bonds is 5. The molecule has 0 fully saturated rings. The minimum atomic E-state index is -1.44. The molecule has 21 heavy (non-hydrogen) atoms. The molecule has 1 aromatic rings. The fraction of sp³-hybridized carbons (Fsp3) is 0.333. The number of primary amides is 1. The number of carbonyl (C=O) groups excluding carboxylic acids is 2. The molecule has 7 nitrogen and oxygen atoms in total. The highest BCUT2D eigenvalue weighted by Crippen LogP contribution is 2.24. The molecule has 0 spiro atoms. The number of nitro groups is 1. The van der Waals surface area contributed by atoms with Crippen LogP contribution < -0.4 is 5.73 Å². The second-order valence-corrected chi connectivity index (χ2v) is 4.53. The summed E-state index contributed by atoms with van der Waals surface area (Å²) in [5.74, 6) is -4.65. The van der Waals surface area contributed by atoms with Gasteiger partial charge >= 0.3 is 0 Å². The Hall–Kier alpha value is -2.58. The van der Waals surface area contributed by atoms with Crippen LogP contribution in [0.1, 0.15) is 24.2 Å². The average Bonchev–Trinajstić information content (AvgIpc) is 2.37. The maximum Gasteiger partial charge on any atom is 0.285 e. The van der Waals surface area contributed by atoms with Crippen LogP contribution in [0.3, 0.4) is 0 Å². The van der Waals surface area contributed by atoms with E-state index in [0.29, 0.717) is 12.1 Å². The molecule has 1 rings (SSSR count). The minimum absolute atomic E-state index is 0.325. The molecule has 0 saturated heterocycles. The van der Waals surface area contributed by atoms with Gasteiger partial charge < -0.3 is 10.6 Å². The molecule has 0 radical (unpaired) electrons. The molecule has 0 heterocycles. The largest absolute Gasteiger partial charge is 0.368 e. The summed E-state index contributed by atoms with van der Waals surface area (Å²) in [5, 5.41) is 10.9. The number of hydrogen-bond acceptors (Lipinski definition) is 4. The Bertz CT molecular complexity index is 604. The van der Waals surface area contributed by atoms with E-state index in [1.165, 1.54) is 0 Å². The topological polar surface area (TPSA) is 107 Å². The molecular weight excluding hydrogens is 288 g/mol. The number of benzene rings is 1. The Labute approximate surface area is 118 Å². The summed E-state index contributed by atoms with van der Waals surface area (Å²) in [4.78, 5) is 34.0. The van der Waals surface area contributed by atoms with Crippen molar-refractivity contribution in [2.45, 2.75) is 19.9 Å². The highest BCUT2D eigenvalue weighted by Gasteiger charge is 2.29. The van der Waals surface area contributed by atoms with Crippen molar-refractivity contribution < 1.29 is 23.3 Å². The second kappa shape index (κ2) is 6.25. The third kappa shape index (κ3) is 3.71. The Morgan fingerprint density at radius 1 is 1.33 bits per heavy atom. The van der Waals surface area contributed by atoms with Crippen molar-refractivity contribution in [3.63, 3.8) is 0 Å². The van der Waals surface area contributed by atoms with Gasteiger partial charge in [-0.05, 0) is 19.9 Å². The van der Waals surface area contributed by atoms with E-state index in [1.54, 1.807) is 13.8 Å². The normalized spacial score (nSPS) is 10.5. The molecule has 2 N–H and O–H groups in total. The Balaban J connectivity index is 3.36. The van der Waals surface area contributed by atoms with Crippen LogP contribution in [-0.2, 0) is 4.79 Å². The van der Waals surface area contributed by atoms with E-state index in [1.807, 2.05) is 0 Å². The first-order valence-corrected chi connectivity index (χ1v) is 5.87. The van der Waals surface area contributed by atoms with Gasteiger partial charge in [-0.15, -0.1) is 0 Å². The predicted octanol–water partition coefficient (Wildman–Crippen LogP) is 1.21. The van der Waals surface area contributed by atoms with E-state index in [4.69, 9.17) is 5.73 Å². The van der Waals surface area contributed by atoms with Crippen LogP contribution >= 0.6 is 0 Å². The van der Waals surface area contributed by atoms with E-state index in [9.17, 15) is 28.5 Å². The van der Waals surface area contributed by atoms with E-state index >= 15 is 0 Å². The number of nitrogens with two attached hydrogens (primary N) is 1. The van der Waals surface area contributed by atoms with Gasteiger partial charge in [-0.1, -0.05) is 0 Å². The van der Waals surface area contributed by atoms with Crippen molar-refractivity contribution in [1.82, 2.24) is 4.90 Å². The molecular formula is C12H13F2N3O4. The van der Waals surface area contributed by atoms with Crippen LogP contribution in [0.15, 0.2) is 12.1 Å². The summed E-state index contributed by atoms with van der Waals surface area (Å²) in [6.45, 7) is 2.60. The quantitative estimate of drug-likeness (QED) is 0.651. The molecule has 2 amide bonds. The van der Waals surface area contributed by atoms with Crippen LogP contribution in [0, 0.1) is 21.7 Å². The summed E-state index contributed by atoms with van der Waals surface area (Å²) in [5.41, 5.74) is 3.47. The lowest BCUT2D eigenvalue weighted by atomic mass is 10.1. The minimum Gasteiger partial charge on any atom is -0.368 e. The SMILES string of the molecule is CC(C)N(CC(N)=O)C(=O)c1cc(F)c(F)cc1[N+](=O)[O-]. The van der Waals surface area contributed by atoms with Crippen LogP contribution in [0.2, 0.25) is 0 Å². The van der Waals surface area contributed by atoms with Gasteiger partial charge in [0.25, 0.3) is 11.6 Å². The second-order valence-electron chi connectivity index (χ2n) is 4.53. The van der Waals surface area contributed by atoms with Gasteiger partial charge in [-0.2, -0.15) is 0 Å². The fourth-order valence-electron chi connectivity index (χ4n) is 1.67. The van der Waals surface area contributed by atoms with E-state index in [0.717, 1.165) is 4.90 Å². The lowest BCUT2D eigenvalue weighted by Crippen LogP contribution is -2.43. The predicted molar refractivity (Wildman–Crippen MR) is 68.4 cm³/mol. The van der Waals surface area contributed by atoms with Gasteiger partial charge in [0.05, 0.1) is 17.5 Å². The Morgan fingerprint density at radius 3 is 2.29 bits per heavy atom. The van der Waals surface area contributed by atoms with Crippen LogP contribution in [0.4, 0.5) is 14.5 Å². The van der Waals surface area contributed by atoms with Crippen LogP contribution in [0.25, 0.3) is 0 Å². The Kier molecular flexibility index (Phi) is 4.90. The highest BCUT2D eigenvalue weighted by molar-refractivity contribution is 5.99. The molecule has 114 valence electrons. The molecule has 0 aliphatic rings. The number of nitro benzene ring substituents is 1. The lowest BCUT2D eigenvalue weighted by Gasteiger charge is -2.25. The van der Waals surface area contributed by atoms with Crippen molar-refractivity contribution in [3.05, 3.63) is 39.4 Å². The van der Waals surface area contributed by atoms with Crippen molar-refractivity contribution in [2.75, 3.05) is 6.54 Å². The Morgan fingerprint density at radius 2 is 1.86 bits per heavy atom. The fourth-order valence-corrected chi connectivity index (χ4v) is 1.67. The van der Waals surface area contributed by atoms with Gasteiger partial charge in [-0.3, -0.25) is 19.7 Å². The van der Waals surface area contributed by atoms with Crippen molar-refractivity contribution >= 4 is 17.5 Å².